The van der Waals surface area contributed by atoms with Crippen molar-refractivity contribution in [3.63, 3.8) is 0 Å². The van der Waals surface area contributed by atoms with Gasteiger partial charge in [-0.05, 0) is 38.5 Å². The van der Waals surface area contributed by atoms with E-state index in [9.17, 15) is 0 Å². The average molecular weight is 194 g/mol. The Labute approximate surface area is 86.8 Å². The number of fused-ring (bicyclic) bond motifs is 2. The fraction of sp³-hybridized carbons (Fsp3) is 1.00. The summed E-state index contributed by atoms with van der Waals surface area (Å²) in [7, 11) is 0. The van der Waals surface area contributed by atoms with Crippen molar-refractivity contribution >= 4 is 0 Å². The van der Waals surface area contributed by atoms with Crippen LogP contribution in [0, 0.1) is 0 Å². The second-order valence-corrected chi connectivity index (χ2v) is 5.50. The molecule has 3 rings (SSSR count). The van der Waals surface area contributed by atoms with Gasteiger partial charge in [-0.2, -0.15) is 0 Å². The number of nitrogens with zero attached hydrogens (tertiary/aromatic N) is 1. The third-order valence-electron chi connectivity index (χ3n) is 4.56. The summed E-state index contributed by atoms with van der Waals surface area (Å²) in [5.74, 6) is 0. The van der Waals surface area contributed by atoms with Crippen molar-refractivity contribution in [1.29, 1.82) is 0 Å². The topological polar surface area (TPSA) is 29.3 Å². The van der Waals surface area contributed by atoms with Crippen LogP contribution in [0.3, 0.4) is 0 Å². The van der Waals surface area contributed by atoms with E-state index in [-0.39, 0.29) is 0 Å². The lowest BCUT2D eigenvalue weighted by atomic mass is 9.77. The van der Waals surface area contributed by atoms with Gasteiger partial charge in [-0.15, -0.1) is 0 Å². The third-order valence-corrected chi connectivity index (χ3v) is 4.56. The molecule has 3 fully saturated rings. The lowest BCUT2D eigenvalue weighted by Crippen LogP contribution is -2.60. The molecule has 0 unspecified atom stereocenters. The molecular weight excluding hydrogens is 172 g/mol. The van der Waals surface area contributed by atoms with Gasteiger partial charge in [-0.25, -0.2) is 0 Å². The molecule has 2 nitrogen and oxygen atoms in total. The largest absolute Gasteiger partial charge is 0.328 e. The highest BCUT2D eigenvalue weighted by Gasteiger charge is 2.42. The van der Waals surface area contributed by atoms with Gasteiger partial charge in [-0.1, -0.05) is 12.8 Å². The zero-order valence-electron chi connectivity index (χ0n) is 8.99. The summed E-state index contributed by atoms with van der Waals surface area (Å²) >= 11 is 0. The van der Waals surface area contributed by atoms with E-state index in [2.05, 4.69) is 4.90 Å². The van der Waals surface area contributed by atoms with Gasteiger partial charge in [0.25, 0.3) is 0 Å². The maximum Gasteiger partial charge on any atom is 0.0131 e. The lowest BCUT2D eigenvalue weighted by molar-refractivity contribution is -0.0313. The van der Waals surface area contributed by atoms with Crippen molar-refractivity contribution < 1.29 is 0 Å². The Balaban J connectivity index is 1.70. The first-order chi connectivity index (χ1) is 6.84. The van der Waals surface area contributed by atoms with E-state index in [1.807, 2.05) is 0 Å². The van der Waals surface area contributed by atoms with Crippen LogP contribution in [-0.4, -0.2) is 29.1 Å². The van der Waals surface area contributed by atoms with Crippen LogP contribution in [0.5, 0.6) is 0 Å². The number of piperidine rings is 2. The van der Waals surface area contributed by atoms with Gasteiger partial charge >= 0.3 is 0 Å². The predicted molar refractivity (Wildman–Crippen MR) is 58.1 cm³/mol. The van der Waals surface area contributed by atoms with Gasteiger partial charge in [0.1, 0.15) is 0 Å². The highest BCUT2D eigenvalue weighted by atomic mass is 15.2. The molecule has 2 heteroatoms. The second kappa shape index (κ2) is 3.49. The number of hydrogen-bond acceptors (Lipinski definition) is 2. The minimum Gasteiger partial charge on any atom is -0.328 e. The molecule has 80 valence electrons. The first kappa shape index (κ1) is 9.17. The Hall–Kier alpha value is -0.0800. The van der Waals surface area contributed by atoms with Crippen molar-refractivity contribution in [3.8, 4) is 0 Å². The van der Waals surface area contributed by atoms with Crippen LogP contribution >= 0.6 is 0 Å². The minimum absolute atomic E-state index is 0.516. The molecule has 0 atom stereocenters. The molecule has 2 N–H and O–H groups in total. The number of rotatable bonds is 1. The van der Waals surface area contributed by atoms with Crippen LogP contribution in [0.15, 0.2) is 0 Å². The van der Waals surface area contributed by atoms with Crippen LogP contribution in [0.4, 0.5) is 0 Å². The Morgan fingerprint density at radius 1 is 0.786 bits per heavy atom. The summed E-state index contributed by atoms with van der Waals surface area (Å²) in [4.78, 5) is 2.86. The Kier molecular flexibility index (Phi) is 2.29. The van der Waals surface area contributed by atoms with Crippen LogP contribution in [0.1, 0.15) is 51.4 Å². The molecule has 2 aliphatic heterocycles. The van der Waals surface area contributed by atoms with E-state index in [1.165, 1.54) is 51.4 Å². The van der Waals surface area contributed by atoms with Crippen molar-refractivity contribution in [1.82, 2.24) is 4.90 Å². The van der Waals surface area contributed by atoms with Crippen molar-refractivity contribution in [3.05, 3.63) is 0 Å². The van der Waals surface area contributed by atoms with E-state index in [0.717, 1.165) is 18.1 Å². The van der Waals surface area contributed by atoms with Crippen molar-refractivity contribution in [2.75, 3.05) is 0 Å². The molecule has 0 spiro atoms. The maximum absolute atomic E-state index is 5.90. The molecule has 0 amide bonds. The van der Waals surface area contributed by atoms with E-state index >= 15 is 0 Å². The quantitative estimate of drug-likeness (QED) is 0.690. The van der Waals surface area contributed by atoms with Crippen LogP contribution in [-0.2, 0) is 0 Å². The summed E-state index contributed by atoms with van der Waals surface area (Å²) in [6, 6.07) is 3.24. The standard InChI is InChI=1S/C12H22N2/c13-9-7-12(8-9)14-10-3-1-4-11(14)6-2-5-10/h9-12H,1-8,13H2. The highest BCUT2D eigenvalue weighted by Crippen LogP contribution is 2.39. The van der Waals surface area contributed by atoms with Gasteiger partial charge in [-0.3, -0.25) is 4.90 Å². The SMILES string of the molecule is NC1CC(N2C3CCCC2CCC3)C1. The molecule has 3 aliphatic rings. The van der Waals surface area contributed by atoms with Crippen molar-refractivity contribution in [2.24, 2.45) is 5.73 Å². The summed E-state index contributed by atoms with van der Waals surface area (Å²) in [5, 5.41) is 0. The molecule has 0 aromatic rings. The molecule has 14 heavy (non-hydrogen) atoms. The van der Waals surface area contributed by atoms with Crippen LogP contribution < -0.4 is 5.73 Å². The Bertz CT molecular complexity index is 188. The molecule has 2 bridgehead atoms. The third kappa shape index (κ3) is 1.40. The van der Waals surface area contributed by atoms with Crippen LogP contribution in [0.25, 0.3) is 0 Å². The summed E-state index contributed by atoms with van der Waals surface area (Å²) in [6.07, 6.45) is 11.3. The zero-order valence-corrected chi connectivity index (χ0v) is 8.99. The molecule has 2 saturated heterocycles. The molecule has 0 aromatic carbocycles. The molecule has 1 aliphatic carbocycles. The number of nitrogens with two attached hydrogens (primary N) is 1. The Morgan fingerprint density at radius 2 is 1.29 bits per heavy atom. The van der Waals surface area contributed by atoms with Gasteiger partial charge in [0.05, 0.1) is 0 Å². The van der Waals surface area contributed by atoms with E-state index in [0.29, 0.717) is 6.04 Å². The van der Waals surface area contributed by atoms with Gasteiger partial charge in [0.2, 0.25) is 0 Å². The normalized spacial score (nSPS) is 48.6. The summed E-state index contributed by atoms with van der Waals surface area (Å²) < 4.78 is 0. The van der Waals surface area contributed by atoms with Gasteiger partial charge < -0.3 is 5.73 Å². The maximum atomic E-state index is 5.90. The fourth-order valence-corrected chi connectivity index (χ4v) is 3.83. The average Bonchev–Trinajstić information content (AvgIpc) is 2.12. The predicted octanol–water partition coefficient (Wildman–Crippen LogP) is 1.88. The minimum atomic E-state index is 0.516. The van der Waals surface area contributed by atoms with E-state index in [4.69, 9.17) is 5.73 Å². The second-order valence-electron chi connectivity index (χ2n) is 5.50. The molecule has 2 heterocycles. The van der Waals surface area contributed by atoms with Gasteiger partial charge in [0.15, 0.2) is 0 Å². The lowest BCUT2D eigenvalue weighted by Gasteiger charge is -2.54. The zero-order chi connectivity index (χ0) is 9.54. The van der Waals surface area contributed by atoms with Crippen molar-refractivity contribution in [2.45, 2.75) is 75.5 Å². The molecule has 1 saturated carbocycles. The molecule has 0 aromatic heterocycles. The molecule has 0 radical (unpaired) electrons. The molecular formula is C12H22N2. The summed E-state index contributed by atoms with van der Waals surface area (Å²) in [6.45, 7) is 0. The highest BCUT2D eigenvalue weighted by molar-refractivity contribution is 4.98. The smallest absolute Gasteiger partial charge is 0.0131 e. The fourth-order valence-electron chi connectivity index (χ4n) is 3.83. The monoisotopic (exact) mass is 194 g/mol. The first-order valence-corrected chi connectivity index (χ1v) is 6.37. The van der Waals surface area contributed by atoms with E-state index < -0.39 is 0 Å². The first-order valence-electron chi connectivity index (χ1n) is 6.37. The number of hydrogen-bond donors (Lipinski definition) is 1. The Morgan fingerprint density at radius 3 is 1.71 bits per heavy atom. The van der Waals surface area contributed by atoms with Crippen LogP contribution in [0.2, 0.25) is 0 Å². The summed E-state index contributed by atoms with van der Waals surface area (Å²) in [5.41, 5.74) is 5.90. The van der Waals surface area contributed by atoms with Gasteiger partial charge in [0, 0.05) is 24.2 Å². The van der Waals surface area contributed by atoms with E-state index in [1.54, 1.807) is 0 Å².